The molecule has 0 atom stereocenters. The number of amides is 1. The lowest BCUT2D eigenvalue weighted by Crippen LogP contribution is -2.19. The fraction of sp³-hybridized carbons (Fsp3) is 0.100. The predicted molar refractivity (Wildman–Crippen MR) is 110 cm³/mol. The summed E-state index contributed by atoms with van der Waals surface area (Å²) in [7, 11) is 2.84. The molecular weight excluding hydrogens is 394 g/mol. The maximum Gasteiger partial charge on any atom is 0.331 e. The molecule has 1 saturated heterocycles. The van der Waals surface area contributed by atoms with Crippen LogP contribution in [0.1, 0.15) is 5.56 Å². The zero-order valence-corrected chi connectivity index (χ0v) is 16.4. The van der Waals surface area contributed by atoms with Crippen LogP contribution in [0.2, 0.25) is 0 Å². The van der Waals surface area contributed by atoms with Crippen molar-refractivity contribution in [2.75, 3.05) is 14.2 Å². The smallest absolute Gasteiger partial charge is 0.331 e. The minimum atomic E-state index is -0.610. The molecular formula is C20H17N3O5S. The lowest BCUT2D eigenvalue weighted by molar-refractivity contribution is -0.135. The van der Waals surface area contributed by atoms with E-state index in [-0.39, 0.29) is 10.1 Å². The fourth-order valence-electron chi connectivity index (χ4n) is 2.23. The predicted octanol–water partition coefficient (Wildman–Crippen LogP) is 3.10. The quantitative estimate of drug-likeness (QED) is 0.339. The van der Waals surface area contributed by atoms with Gasteiger partial charge in [-0.1, -0.05) is 12.1 Å². The summed E-state index contributed by atoms with van der Waals surface area (Å²) < 4.78 is 15.4. The number of rotatable bonds is 6. The van der Waals surface area contributed by atoms with E-state index in [1.807, 2.05) is 42.5 Å². The van der Waals surface area contributed by atoms with Crippen molar-refractivity contribution in [3.63, 3.8) is 0 Å². The highest BCUT2D eigenvalue weighted by Gasteiger charge is 2.24. The number of ether oxygens (including phenoxy) is 3. The van der Waals surface area contributed by atoms with Crippen LogP contribution in [0.25, 0.3) is 0 Å². The van der Waals surface area contributed by atoms with Crippen molar-refractivity contribution in [3.05, 3.63) is 65.1 Å². The second-order valence-corrected chi connectivity index (χ2v) is 6.62. The Morgan fingerprint density at radius 3 is 2.55 bits per heavy atom. The Labute approximate surface area is 171 Å². The van der Waals surface area contributed by atoms with Gasteiger partial charge >= 0.3 is 5.97 Å². The van der Waals surface area contributed by atoms with E-state index in [0.29, 0.717) is 11.5 Å². The second kappa shape index (κ2) is 9.56. The van der Waals surface area contributed by atoms with E-state index in [1.54, 1.807) is 13.2 Å². The molecule has 0 aliphatic carbocycles. The normalized spacial score (nSPS) is 16.3. The fourth-order valence-corrected chi connectivity index (χ4v) is 2.97. The Morgan fingerprint density at radius 2 is 1.83 bits per heavy atom. The largest absolute Gasteiger partial charge is 0.497 e. The highest BCUT2D eigenvalue weighted by Crippen LogP contribution is 2.25. The van der Waals surface area contributed by atoms with E-state index >= 15 is 0 Å². The molecule has 0 saturated carbocycles. The van der Waals surface area contributed by atoms with Crippen LogP contribution < -0.4 is 14.8 Å². The number of hydrogen-bond acceptors (Lipinski definition) is 8. The van der Waals surface area contributed by atoms with Gasteiger partial charge in [-0.25, -0.2) is 4.79 Å². The number of esters is 1. The SMILES string of the molecule is COC(=O)/C=C1/S/C(=N\N=Cc2cccc(Oc3ccc(OC)cc3)c2)NC1=O. The number of nitrogens with one attached hydrogen (secondary N) is 1. The van der Waals surface area contributed by atoms with E-state index in [9.17, 15) is 9.59 Å². The van der Waals surface area contributed by atoms with Crippen LogP contribution in [0.5, 0.6) is 17.2 Å². The van der Waals surface area contributed by atoms with Crippen molar-refractivity contribution >= 4 is 35.0 Å². The summed E-state index contributed by atoms with van der Waals surface area (Å²) in [6, 6.07) is 14.5. The highest BCUT2D eigenvalue weighted by atomic mass is 32.2. The van der Waals surface area contributed by atoms with Gasteiger partial charge in [0.05, 0.1) is 25.3 Å². The zero-order chi connectivity index (χ0) is 20.6. The topological polar surface area (TPSA) is 98.6 Å². The van der Waals surface area contributed by atoms with Crippen molar-refractivity contribution in [1.82, 2.24) is 5.32 Å². The molecule has 0 aromatic heterocycles. The Morgan fingerprint density at radius 1 is 1.07 bits per heavy atom. The maximum absolute atomic E-state index is 11.8. The standard InChI is InChI=1S/C20H17N3O5S/c1-26-14-6-8-15(9-7-14)28-16-5-3-4-13(10-16)12-21-23-20-22-19(25)17(29-20)11-18(24)27-2/h3-12H,1-2H3,(H,22,23,25)/b17-11+,21-12?. The van der Waals surface area contributed by atoms with Gasteiger partial charge in [0, 0.05) is 6.08 Å². The Hall–Kier alpha value is -3.59. The van der Waals surface area contributed by atoms with Crippen molar-refractivity contribution in [3.8, 4) is 17.2 Å². The highest BCUT2D eigenvalue weighted by molar-refractivity contribution is 8.18. The Balaban J connectivity index is 1.64. The molecule has 8 nitrogen and oxygen atoms in total. The number of thioether (sulfide) groups is 1. The van der Waals surface area contributed by atoms with E-state index < -0.39 is 11.9 Å². The molecule has 1 N–H and O–H groups in total. The number of carbonyl (C=O) groups excluding carboxylic acids is 2. The molecule has 2 aromatic rings. The van der Waals surface area contributed by atoms with Gasteiger partial charge in [0.25, 0.3) is 5.91 Å². The molecule has 1 aliphatic heterocycles. The molecule has 1 fully saturated rings. The van der Waals surface area contributed by atoms with Crippen molar-refractivity contribution in [2.45, 2.75) is 0 Å². The number of methoxy groups -OCH3 is 2. The average Bonchev–Trinajstić information content (AvgIpc) is 3.07. The number of nitrogens with zero attached hydrogens (tertiary/aromatic N) is 2. The van der Waals surface area contributed by atoms with Gasteiger partial charge in [0.2, 0.25) is 0 Å². The Bertz CT molecular complexity index is 999. The third kappa shape index (κ3) is 5.69. The minimum absolute atomic E-state index is 0.195. The summed E-state index contributed by atoms with van der Waals surface area (Å²) in [5, 5.41) is 10.7. The second-order valence-electron chi connectivity index (χ2n) is 5.59. The molecule has 0 radical (unpaired) electrons. The first-order valence-corrected chi connectivity index (χ1v) is 9.21. The molecule has 1 aliphatic rings. The van der Waals surface area contributed by atoms with Crippen LogP contribution in [0, 0.1) is 0 Å². The molecule has 0 spiro atoms. The number of hydrogen-bond donors (Lipinski definition) is 1. The summed E-state index contributed by atoms with van der Waals surface area (Å²) in [4.78, 5) is 23.2. The number of amidine groups is 1. The van der Waals surface area contributed by atoms with Gasteiger partial charge in [-0.2, -0.15) is 5.10 Å². The van der Waals surface area contributed by atoms with Crippen molar-refractivity contribution < 1.29 is 23.8 Å². The van der Waals surface area contributed by atoms with E-state index in [4.69, 9.17) is 9.47 Å². The first kappa shape index (κ1) is 20.2. The van der Waals surface area contributed by atoms with Gasteiger partial charge in [0.1, 0.15) is 17.2 Å². The lowest BCUT2D eigenvalue weighted by Gasteiger charge is -2.07. The first-order chi connectivity index (χ1) is 14.1. The monoisotopic (exact) mass is 411 g/mol. The molecule has 3 rings (SSSR count). The van der Waals surface area contributed by atoms with Gasteiger partial charge in [-0.3, -0.25) is 10.1 Å². The van der Waals surface area contributed by atoms with E-state index in [1.165, 1.54) is 13.3 Å². The van der Waals surface area contributed by atoms with Crippen LogP contribution >= 0.6 is 11.8 Å². The average molecular weight is 411 g/mol. The maximum atomic E-state index is 11.8. The minimum Gasteiger partial charge on any atom is -0.497 e. The van der Waals surface area contributed by atoms with Gasteiger partial charge in [-0.15, -0.1) is 5.10 Å². The van der Waals surface area contributed by atoms with Crippen molar-refractivity contribution in [1.29, 1.82) is 0 Å². The molecule has 0 unspecified atom stereocenters. The van der Waals surface area contributed by atoms with Crippen LogP contribution in [0.15, 0.2) is 69.7 Å². The van der Waals surface area contributed by atoms with E-state index in [2.05, 4.69) is 20.3 Å². The summed E-state index contributed by atoms with van der Waals surface area (Å²) in [6.07, 6.45) is 2.63. The van der Waals surface area contributed by atoms with Crippen LogP contribution in [-0.2, 0) is 14.3 Å². The third-order valence-electron chi connectivity index (χ3n) is 3.61. The summed E-state index contributed by atoms with van der Waals surface area (Å²) >= 11 is 1.01. The zero-order valence-electron chi connectivity index (χ0n) is 15.6. The van der Waals surface area contributed by atoms with Crippen LogP contribution in [0.4, 0.5) is 0 Å². The van der Waals surface area contributed by atoms with Gasteiger partial charge in [-0.05, 0) is 53.7 Å². The van der Waals surface area contributed by atoms with Crippen LogP contribution in [-0.4, -0.2) is 37.5 Å². The number of carbonyl (C=O) groups is 2. The molecule has 29 heavy (non-hydrogen) atoms. The van der Waals surface area contributed by atoms with Crippen LogP contribution in [0.3, 0.4) is 0 Å². The van der Waals surface area contributed by atoms with Gasteiger partial charge < -0.3 is 14.2 Å². The molecule has 0 bridgehead atoms. The third-order valence-corrected chi connectivity index (χ3v) is 4.51. The van der Waals surface area contributed by atoms with Crippen molar-refractivity contribution in [2.24, 2.45) is 10.2 Å². The molecule has 1 heterocycles. The summed E-state index contributed by atoms with van der Waals surface area (Å²) in [5.74, 6) is 1.03. The Kier molecular flexibility index (Phi) is 6.64. The number of benzene rings is 2. The first-order valence-electron chi connectivity index (χ1n) is 8.39. The molecule has 2 aromatic carbocycles. The summed E-state index contributed by atoms with van der Waals surface area (Å²) in [6.45, 7) is 0. The van der Waals surface area contributed by atoms with Gasteiger partial charge in [0.15, 0.2) is 5.17 Å². The molecule has 148 valence electrons. The molecule has 1 amide bonds. The molecule has 9 heteroatoms. The van der Waals surface area contributed by atoms with E-state index in [0.717, 1.165) is 29.2 Å². The lowest BCUT2D eigenvalue weighted by atomic mass is 10.2. The summed E-state index contributed by atoms with van der Waals surface area (Å²) in [5.41, 5.74) is 0.764.